The number of hydrogen-bond acceptors (Lipinski definition) is 3. The molecule has 0 saturated carbocycles. The maximum absolute atomic E-state index is 12.3. The van der Waals surface area contributed by atoms with Crippen LogP contribution < -0.4 is 0 Å². The predicted molar refractivity (Wildman–Crippen MR) is 67.3 cm³/mol. The van der Waals surface area contributed by atoms with Crippen LogP contribution in [-0.4, -0.2) is 14.2 Å². The predicted octanol–water partition coefficient (Wildman–Crippen LogP) is 2.70. The third-order valence-electron chi connectivity index (χ3n) is 3.14. The topological polar surface area (TPSA) is 51.2 Å². The second-order valence-corrected chi connectivity index (χ2v) is 6.15. The molecule has 3 nitrogen and oxygen atoms in total. The lowest BCUT2D eigenvalue weighted by molar-refractivity contribution is 0.101. The van der Waals surface area contributed by atoms with Crippen molar-refractivity contribution in [2.75, 3.05) is 0 Å². The van der Waals surface area contributed by atoms with E-state index in [0.29, 0.717) is 21.6 Å². The number of Topliss-reactive ketones (excluding diaryl/α,β-unsaturated/α-hetero) is 1. The first-order valence-corrected chi connectivity index (χ1v) is 6.99. The second-order valence-electron chi connectivity index (χ2n) is 4.27. The Bertz CT molecular complexity index is 773. The van der Waals surface area contributed by atoms with E-state index in [1.165, 1.54) is 13.0 Å². The van der Waals surface area contributed by atoms with Crippen molar-refractivity contribution in [2.24, 2.45) is 0 Å². The van der Waals surface area contributed by atoms with Gasteiger partial charge in [0.05, 0.1) is 9.79 Å². The van der Waals surface area contributed by atoms with Gasteiger partial charge in [-0.3, -0.25) is 4.79 Å². The Balaban J connectivity index is 2.39. The number of benzene rings is 2. The Labute approximate surface area is 105 Å². The number of sulfone groups is 1. The van der Waals surface area contributed by atoms with E-state index in [0.717, 1.165) is 0 Å². The number of fused-ring (bicyclic) bond motifs is 3. The SMILES string of the molecule is CC(=O)c1ccc2c(c1)S(=O)(=O)c1ccccc1-2. The minimum Gasteiger partial charge on any atom is -0.295 e. The first kappa shape index (κ1) is 11.2. The molecule has 0 atom stereocenters. The quantitative estimate of drug-likeness (QED) is 0.630. The van der Waals surface area contributed by atoms with Crippen LogP contribution in [0.5, 0.6) is 0 Å². The summed E-state index contributed by atoms with van der Waals surface area (Å²) in [4.78, 5) is 11.9. The second kappa shape index (κ2) is 3.53. The molecule has 0 aromatic heterocycles. The van der Waals surface area contributed by atoms with Crippen molar-refractivity contribution in [2.45, 2.75) is 16.7 Å². The molecule has 0 N–H and O–H groups in total. The number of rotatable bonds is 1. The van der Waals surface area contributed by atoms with E-state index in [9.17, 15) is 13.2 Å². The summed E-state index contributed by atoms with van der Waals surface area (Å²) < 4.78 is 24.7. The molecule has 3 rings (SSSR count). The van der Waals surface area contributed by atoms with Crippen molar-refractivity contribution < 1.29 is 13.2 Å². The van der Waals surface area contributed by atoms with Crippen molar-refractivity contribution in [3.63, 3.8) is 0 Å². The van der Waals surface area contributed by atoms with Crippen molar-refractivity contribution in [1.82, 2.24) is 0 Å². The van der Waals surface area contributed by atoms with Crippen molar-refractivity contribution in [3.8, 4) is 11.1 Å². The summed E-state index contributed by atoms with van der Waals surface area (Å²) in [5.41, 5.74) is 1.81. The van der Waals surface area contributed by atoms with Gasteiger partial charge in [-0.2, -0.15) is 0 Å². The first-order valence-electron chi connectivity index (χ1n) is 5.51. The van der Waals surface area contributed by atoms with Gasteiger partial charge in [-0.25, -0.2) is 8.42 Å². The molecule has 0 unspecified atom stereocenters. The third kappa shape index (κ3) is 1.36. The smallest absolute Gasteiger partial charge is 0.207 e. The van der Waals surface area contributed by atoms with Gasteiger partial charge in [-0.1, -0.05) is 30.3 Å². The lowest BCUT2D eigenvalue weighted by Crippen LogP contribution is -1.99. The van der Waals surface area contributed by atoms with Crippen LogP contribution in [0.4, 0.5) is 0 Å². The van der Waals surface area contributed by atoms with Gasteiger partial charge in [-0.15, -0.1) is 0 Å². The van der Waals surface area contributed by atoms with E-state index in [1.54, 1.807) is 30.3 Å². The van der Waals surface area contributed by atoms with E-state index in [1.807, 2.05) is 6.07 Å². The highest BCUT2D eigenvalue weighted by atomic mass is 32.2. The largest absolute Gasteiger partial charge is 0.295 e. The summed E-state index contributed by atoms with van der Waals surface area (Å²) in [6.07, 6.45) is 0. The molecular formula is C14H10O3S. The molecule has 0 saturated heterocycles. The van der Waals surface area contributed by atoms with E-state index < -0.39 is 9.84 Å². The highest BCUT2D eigenvalue weighted by Gasteiger charge is 2.32. The highest BCUT2D eigenvalue weighted by molar-refractivity contribution is 7.92. The number of hydrogen-bond donors (Lipinski definition) is 0. The Kier molecular flexibility index (Phi) is 2.19. The highest BCUT2D eigenvalue weighted by Crippen LogP contribution is 2.43. The fourth-order valence-corrected chi connectivity index (χ4v) is 3.94. The zero-order valence-electron chi connectivity index (χ0n) is 9.67. The zero-order chi connectivity index (χ0) is 12.9. The minimum atomic E-state index is -3.47. The summed E-state index contributed by atoms with van der Waals surface area (Å²) in [5.74, 6) is -0.135. The van der Waals surface area contributed by atoms with Gasteiger partial charge in [0, 0.05) is 16.7 Å². The summed E-state index contributed by atoms with van der Waals surface area (Å²) in [7, 11) is -3.47. The number of carbonyl (C=O) groups excluding carboxylic acids is 1. The number of carbonyl (C=O) groups is 1. The molecular weight excluding hydrogens is 248 g/mol. The molecule has 1 aliphatic heterocycles. The summed E-state index contributed by atoms with van der Waals surface area (Å²) in [6, 6.07) is 11.7. The van der Waals surface area contributed by atoms with Crippen LogP contribution in [0.3, 0.4) is 0 Å². The van der Waals surface area contributed by atoms with Crippen LogP contribution in [-0.2, 0) is 9.84 Å². The molecule has 0 radical (unpaired) electrons. The zero-order valence-corrected chi connectivity index (χ0v) is 10.5. The molecule has 2 aromatic carbocycles. The number of ketones is 1. The Morgan fingerprint density at radius 2 is 1.61 bits per heavy atom. The minimum absolute atomic E-state index is 0.135. The molecule has 0 spiro atoms. The summed E-state index contributed by atoms with van der Waals surface area (Å²) in [5, 5.41) is 0. The van der Waals surface area contributed by atoms with E-state index in [2.05, 4.69) is 0 Å². The van der Waals surface area contributed by atoms with Crippen LogP contribution >= 0.6 is 0 Å². The van der Waals surface area contributed by atoms with Gasteiger partial charge in [0.15, 0.2) is 5.78 Å². The van der Waals surface area contributed by atoms with Crippen LogP contribution in [0.25, 0.3) is 11.1 Å². The Morgan fingerprint density at radius 1 is 0.944 bits per heavy atom. The molecule has 0 fully saturated rings. The van der Waals surface area contributed by atoms with Crippen molar-refractivity contribution in [1.29, 1.82) is 0 Å². The van der Waals surface area contributed by atoms with Crippen molar-refractivity contribution >= 4 is 15.6 Å². The lowest BCUT2D eigenvalue weighted by atomic mass is 10.0. The fraction of sp³-hybridized carbons (Fsp3) is 0.0714. The average molecular weight is 258 g/mol. The van der Waals surface area contributed by atoms with Crippen LogP contribution in [0, 0.1) is 0 Å². The molecule has 2 aromatic rings. The van der Waals surface area contributed by atoms with Gasteiger partial charge in [0.1, 0.15) is 0 Å². The van der Waals surface area contributed by atoms with Gasteiger partial charge < -0.3 is 0 Å². The molecule has 90 valence electrons. The third-order valence-corrected chi connectivity index (χ3v) is 5.00. The van der Waals surface area contributed by atoms with Crippen LogP contribution in [0.15, 0.2) is 52.3 Å². The molecule has 4 heteroatoms. The molecule has 1 aliphatic rings. The van der Waals surface area contributed by atoms with Crippen LogP contribution in [0.2, 0.25) is 0 Å². The van der Waals surface area contributed by atoms with E-state index >= 15 is 0 Å². The molecule has 0 aliphatic carbocycles. The molecule has 1 heterocycles. The molecule has 0 bridgehead atoms. The van der Waals surface area contributed by atoms with Gasteiger partial charge in [0.2, 0.25) is 9.84 Å². The van der Waals surface area contributed by atoms with E-state index in [4.69, 9.17) is 0 Å². The molecule has 18 heavy (non-hydrogen) atoms. The maximum Gasteiger partial charge on any atom is 0.207 e. The first-order chi connectivity index (χ1) is 8.51. The van der Waals surface area contributed by atoms with Gasteiger partial charge >= 0.3 is 0 Å². The van der Waals surface area contributed by atoms with Crippen molar-refractivity contribution in [3.05, 3.63) is 48.0 Å². The standard InChI is InChI=1S/C14H10O3S/c1-9(15)10-6-7-12-11-4-2-3-5-13(11)18(16,17)14(12)8-10/h2-8H,1H3. The summed E-state index contributed by atoms with van der Waals surface area (Å²) in [6.45, 7) is 1.43. The van der Waals surface area contributed by atoms with E-state index in [-0.39, 0.29) is 10.7 Å². The average Bonchev–Trinajstić information content (AvgIpc) is 2.59. The van der Waals surface area contributed by atoms with Gasteiger partial charge in [-0.05, 0) is 19.1 Å². The van der Waals surface area contributed by atoms with Gasteiger partial charge in [0.25, 0.3) is 0 Å². The fourth-order valence-electron chi connectivity index (χ4n) is 2.23. The maximum atomic E-state index is 12.3. The lowest BCUT2D eigenvalue weighted by Gasteiger charge is -2.01. The molecule has 0 amide bonds. The summed E-state index contributed by atoms with van der Waals surface area (Å²) >= 11 is 0. The van der Waals surface area contributed by atoms with Crippen LogP contribution in [0.1, 0.15) is 17.3 Å². The normalized spacial score (nSPS) is 14.9. The Morgan fingerprint density at radius 3 is 2.33 bits per heavy atom. The Hall–Kier alpha value is -1.94. The monoisotopic (exact) mass is 258 g/mol.